The molecule has 0 amide bonds. The van der Waals surface area contributed by atoms with E-state index in [4.69, 9.17) is 4.74 Å². The van der Waals surface area contributed by atoms with Crippen LogP contribution in [0.4, 0.5) is 14.6 Å². The maximum atomic E-state index is 14.6. The number of hydrogen-bond donors (Lipinski definition) is 2. The fourth-order valence-corrected chi connectivity index (χ4v) is 3.45. The highest BCUT2D eigenvalue weighted by Crippen LogP contribution is 2.29. The lowest BCUT2D eigenvalue weighted by atomic mass is 9.91. The van der Waals surface area contributed by atoms with Gasteiger partial charge in [0.15, 0.2) is 5.65 Å². The van der Waals surface area contributed by atoms with Crippen molar-refractivity contribution in [1.82, 2.24) is 20.2 Å². The lowest BCUT2D eigenvalue weighted by Crippen LogP contribution is -2.39. The molecule has 8 heteroatoms. The molecule has 0 bridgehead atoms. The Hall–Kier alpha value is -2.61. The number of ether oxygens (including phenoxy) is 1. The van der Waals surface area contributed by atoms with E-state index in [9.17, 15) is 8.78 Å². The van der Waals surface area contributed by atoms with Gasteiger partial charge >= 0.3 is 0 Å². The maximum absolute atomic E-state index is 14.6. The van der Waals surface area contributed by atoms with Crippen LogP contribution in [0.15, 0.2) is 42.9 Å². The summed E-state index contributed by atoms with van der Waals surface area (Å²) in [5.74, 6) is 0.637. The van der Waals surface area contributed by atoms with Crippen LogP contribution >= 0.6 is 0 Å². The molecule has 0 saturated heterocycles. The van der Waals surface area contributed by atoms with Crippen LogP contribution in [0.5, 0.6) is 0 Å². The lowest BCUT2D eigenvalue weighted by Gasteiger charge is -2.32. The van der Waals surface area contributed by atoms with Crippen LogP contribution in [0.3, 0.4) is 0 Å². The normalized spacial score (nSPS) is 24.0. The Morgan fingerprint density at radius 3 is 2.89 bits per heavy atom. The Kier molecular flexibility index (Phi) is 5.24. The molecule has 1 aliphatic carbocycles. The fraction of sp³-hybridized carbons (Fsp3) is 0.421. The van der Waals surface area contributed by atoms with Crippen molar-refractivity contribution in [2.75, 3.05) is 11.9 Å². The van der Waals surface area contributed by atoms with Crippen LogP contribution in [0.2, 0.25) is 0 Å². The van der Waals surface area contributed by atoms with Gasteiger partial charge in [0.25, 0.3) is 0 Å². The molecular formula is C19H21F2N5O. The number of aromatic amines is 1. The molecule has 1 fully saturated rings. The molecule has 0 aliphatic heterocycles. The molecule has 0 radical (unpaired) electrons. The number of alkyl halides is 2. The summed E-state index contributed by atoms with van der Waals surface area (Å²) < 4.78 is 34.3. The van der Waals surface area contributed by atoms with Crippen LogP contribution in [-0.2, 0) is 4.74 Å². The predicted molar refractivity (Wildman–Crippen MR) is 97.9 cm³/mol. The quantitative estimate of drug-likeness (QED) is 0.688. The maximum Gasteiger partial charge on any atom is 0.160 e. The number of halogens is 2. The zero-order valence-electron chi connectivity index (χ0n) is 14.7. The average molecular weight is 373 g/mol. The zero-order valence-corrected chi connectivity index (χ0v) is 14.7. The van der Waals surface area contributed by atoms with Gasteiger partial charge in [0.1, 0.15) is 24.5 Å². The monoisotopic (exact) mass is 373 g/mol. The number of nitrogens with one attached hydrogen (secondary N) is 2. The number of fused-ring (bicyclic) bond motifs is 1. The SMILES string of the molecule is FC(COC1CCC(Nc2ncnc3[nH]ncc23)CC1F)c1ccccc1. The van der Waals surface area contributed by atoms with E-state index in [2.05, 4.69) is 25.5 Å². The van der Waals surface area contributed by atoms with Crippen molar-refractivity contribution in [2.45, 2.75) is 43.8 Å². The Bertz CT molecular complexity index is 875. The molecule has 2 N–H and O–H groups in total. The standard InChI is InChI=1S/C19H21F2N5O/c20-15-8-13(25-18-14-9-24-26-19(14)23-11-22-18)6-7-17(15)27-10-16(21)12-4-2-1-3-5-12/h1-5,9,11,13,15-17H,6-8,10H2,(H2,22,23,24,25,26). The highest BCUT2D eigenvalue weighted by Gasteiger charge is 2.32. The van der Waals surface area contributed by atoms with Gasteiger partial charge < -0.3 is 10.1 Å². The summed E-state index contributed by atoms with van der Waals surface area (Å²) in [4.78, 5) is 8.31. The van der Waals surface area contributed by atoms with E-state index in [1.54, 1.807) is 30.5 Å². The van der Waals surface area contributed by atoms with Gasteiger partial charge in [-0.2, -0.15) is 5.10 Å². The predicted octanol–water partition coefficient (Wildman–Crippen LogP) is 3.75. The molecule has 4 rings (SSSR count). The Labute approximate surface area is 155 Å². The fourth-order valence-electron chi connectivity index (χ4n) is 3.45. The molecule has 142 valence electrons. The van der Waals surface area contributed by atoms with Gasteiger partial charge in [-0.25, -0.2) is 18.7 Å². The minimum absolute atomic E-state index is 0.0665. The van der Waals surface area contributed by atoms with E-state index in [-0.39, 0.29) is 19.1 Å². The smallest absolute Gasteiger partial charge is 0.160 e. The molecule has 27 heavy (non-hydrogen) atoms. The third-order valence-electron chi connectivity index (χ3n) is 4.92. The Morgan fingerprint density at radius 2 is 2.07 bits per heavy atom. The van der Waals surface area contributed by atoms with Gasteiger partial charge in [-0.05, 0) is 18.4 Å². The molecule has 0 spiro atoms. The number of rotatable bonds is 6. The second-order valence-corrected chi connectivity index (χ2v) is 6.77. The summed E-state index contributed by atoms with van der Waals surface area (Å²) in [6, 6.07) is 8.74. The number of hydrogen-bond acceptors (Lipinski definition) is 5. The summed E-state index contributed by atoms with van der Waals surface area (Å²) in [5, 5.41) is 10.8. The molecular weight excluding hydrogens is 352 g/mol. The van der Waals surface area contributed by atoms with Crippen LogP contribution in [0, 0.1) is 0 Å². The zero-order chi connectivity index (χ0) is 18.6. The van der Waals surface area contributed by atoms with E-state index in [0.717, 1.165) is 11.8 Å². The van der Waals surface area contributed by atoms with Crippen molar-refractivity contribution in [3.63, 3.8) is 0 Å². The minimum Gasteiger partial charge on any atom is -0.372 e. The number of anilines is 1. The summed E-state index contributed by atoms with van der Waals surface area (Å²) >= 11 is 0. The van der Waals surface area contributed by atoms with Crippen molar-refractivity contribution in [1.29, 1.82) is 0 Å². The molecule has 2 heterocycles. The third-order valence-corrected chi connectivity index (χ3v) is 4.92. The molecule has 4 atom stereocenters. The van der Waals surface area contributed by atoms with Gasteiger partial charge in [-0.15, -0.1) is 0 Å². The van der Waals surface area contributed by atoms with E-state index in [1.807, 2.05) is 6.07 Å². The summed E-state index contributed by atoms with van der Waals surface area (Å²) in [6.07, 6.45) is 1.64. The van der Waals surface area contributed by atoms with Gasteiger partial charge in [-0.3, -0.25) is 5.10 Å². The Balaban J connectivity index is 1.31. The number of aromatic nitrogens is 4. The van der Waals surface area contributed by atoms with E-state index in [1.165, 1.54) is 6.33 Å². The van der Waals surface area contributed by atoms with E-state index >= 15 is 0 Å². The van der Waals surface area contributed by atoms with Crippen molar-refractivity contribution in [2.24, 2.45) is 0 Å². The van der Waals surface area contributed by atoms with Crippen LogP contribution in [0.25, 0.3) is 11.0 Å². The molecule has 3 aromatic rings. The van der Waals surface area contributed by atoms with Gasteiger partial charge in [0.2, 0.25) is 0 Å². The second-order valence-electron chi connectivity index (χ2n) is 6.77. The summed E-state index contributed by atoms with van der Waals surface area (Å²) in [6.45, 7) is -0.130. The lowest BCUT2D eigenvalue weighted by molar-refractivity contribution is -0.0455. The summed E-state index contributed by atoms with van der Waals surface area (Å²) in [7, 11) is 0. The van der Waals surface area contributed by atoms with Crippen LogP contribution in [0.1, 0.15) is 31.0 Å². The highest BCUT2D eigenvalue weighted by molar-refractivity contribution is 5.85. The van der Waals surface area contributed by atoms with E-state index in [0.29, 0.717) is 23.4 Å². The average Bonchev–Trinajstić information content (AvgIpc) is 3.18. The van der Waals surface area contributed by atoms with Crippen molar-refractivity contribution < 1.29 is 13.5 Å². The van der Waals surface area contributed by atoms with Gasteiger partial charge in [0.05, 0.1) is 24.3 Å². The van der Waals surface area contributed by atoms with E-state index < -0.39 is 18.4 Å². The Morgan fingerprint density at radius 1 is 1.22 bits per heavy atom. The molecule has 1 saturated carbocycles. The first-order valence-electron chi connectivity index (χ1n) is 9.06. The molecule has 4 unspecified atom stereocenters. The van der Waals surface area contributed by atoms with Crippen molar-refractivity contribution in [3.8, 4) is 0 Å². The first kappa shape index (κ1) is 17.8. The molecule has 1 aromatic carbocycles. The third kappa shape index (κ3) is 4.05. The second kappa shape index (κ2) is 7.96. The number of H-pyrrole nitrogens is 1. The highest BCUT2D eigenvalue weighted by atomic mass is 19.1. The molecule has 1 aliphatic rings. The van der Waals surface area contributed by atoms with Crippen molar-refractivity contribution >= 4 is 16.9 Å². The van der Waals surface area contributed by atoms with Crippen LogP contribution in [-0.4, -0.2) is 45.1 Å². The molecule has 6 nitrogen and oxygen atoms in total. The van der Waals surface area contributed by atoms with Gasteiger partial charge in [-0.1, -0.05) is 30.3 Å². The topological polar surface area (TPSA) is 75.7 Å². The first-order chi connectivity index (χ1) is 13.2. The number of nitrogens with zero attached hydrogens (tertiary/aromatic N) is 3. The molecule has 2 aromatic heterocycles. The largest absolute Gasteiger partial charge is 0.372 e. The number of benzene rings is 1. The first-order valence-corrected chi connectivity index (χ1v) is 9.06. The van der Waals surface area contributed by atoms with Crippen molar-refractivity contribution in [3.05, 3.63) is 48.4 Å². The van der Waals surface area contributed by atoms with Crippen LogP contribution < -0.4 is 5.32 Å². The summed E-state index contributed by atoms with van der Waals surface area (Å²) in [5.41, 5.74) is 1.19. The van der Waals surface area contributed by atoms with Gasteiger partial charge in [0, 0.05) is 12.5 Å². The minimum atomic E-state index is -1.25.